The van der Waals surface area contributed by atoms with E-state index in [9.17, 15) is 22.4 Å². The highest BCUT2D eigenvalue weighted by Gasteiger charge is 2.31. The molecule has 1 rings (SSSR count). The summed E-state index contributed by atoms with van der Waals surface area (Å²) in [4.78, 5) is 12.9. The number of hydrogen-bond acceptors (Lipinski definition) is 2. The summed E-state index contributed by atoms with van der Waals surface area (Å²) in [7, 11) is 0. The number of alkyl halides is 4. The molecule has 1 aromatic heterocycles. The molecule has 0 aliphatic heterocycles. The molecule has 0 unspecified atom stereocenters. The second-order valence-corrected chi connectivity index (χ2v) is 2.37. The molecule has 0 fully saturated rings. The smallest absolute Gasteiger partial charge is 0.390 e. The Kier molecular flexibility index (Phi) is 2.78. The van der Waals surface area contributed by atoms with Crippen molar-refractivity contribution < 1.29 is 22.3 Å². The van der Waals surface area contributed by atoms with E-state index >= 15 is 0 Å². The highest BCUT2D eigenvalue weighted by atomic mass is 19.4. The summed E-state index contributed by atoms with van der Waals surface area (Å²) in [6, 6.07) is 0.544. The quantitative estimate of drug-likeness (QED) is 0.757. The third-order valence-electron chi connectivity index (χ3n) is 1.34. The molecule has 1 N–H and O–H groups in total. The molecular formula is C7H5F4NO2. The number of pyridine rings is 1. The van der Waals surface area contributed by atoms with E-state index in [1.165, 1.54) is 0 Å². The van der Waals surface area contributed by atoms with Gasteiger partial charge in [-0.3, -0.25) is 4.79 Å². The molecule has 0 aromatic carbocycles. The van der Waals surface area contributed by atoms with Gasteiger partial charge in [0.1, 0.15) is 6.67 Å². The predicted octanol–water partition coefficient (Wildman–Crippen LogP) is 1.74. The number of aromatic amines is 1. The fourth-order valence-electron chi connectivity index (χ4n) is 0.771. The van der Waals surface area contributed by atoms with Crippen molar-refractivity contribution in [2.75, 3.05) is 0 Å². The van der Waals surface area contributed by atoms with E-state index in [4.69, 9.17) is 0 Å². The van der Waals surface area contributed by atoms with Crippen molar-refractivity contribution in [2.45, 2.75) is 13.0 Å². The molecule has 0 amide bonds. The van der Waals surface area contributed by atoms with Crippen molar-refractivity contribution in [2.24, 2.45) is 0 Å². The van der Waals surface area contributed by atoms with Crippen molar-refractivity contribution in [3.8, 4) is 5.88 Å². The molecule has 1 aromatic rings. The Morgan fingerprint density at radius 1 is 1.43 bits per heavy atom. The van der Waals surface area contributed by atoms with Gasteiger partial charge in [0.25, 0.3) is 0 Å². The Bertz CT molecular complexity index is 371. The van der Waals surface area contributed by atoms with Crippen LogP contribution in [0.2, 0.25) is 0 Å². The first-order chi connectivity index (χ1) is 6.42. The minimum absolute atomic E-state index is 0.250. The van der Waals surface area contributed by atoms with Crippen LogP contribution in [-0.4, -0.2) is 11.3 Å². The maximum atomic E-state index is 12.0. The van der Waals surface area contributed by atoms with Gasteiger partial charge >= 0.3 is 6.36 Å². The van der Waals surface area contributed by atoms with E-state index in [-0.39, 0.29) is 5.56 Å². The van der Waals surface area contributed by atoms with Crippen molar-refractivity contribution in [1.82, 2.24) is 4.98 Å². The fraction of sp³-hybridized carbons (Fsp3) is 0.286. The van der Waals surface area contributed by atoms with Crippen LogP contribution in [-0.2, 0) is 6.67 Å². The minimum atomic E-state index is -4.87. The lowest BCUT2D eigenvalue weighted by molar-refractivity contribution is -0.276. The van der Waals surface area contributed by atoms with Gasteiger partial charge in [0.15, 0.2) is 5.43 Å². The Morgan fingerprint density at radius 3 is 2.50 bits per heavy atom. The largest absolute Gasteiger partial charge is 0.574 e. The van der Waals surface area contributed by atoms with Crippen LogP contribution < -0.4 is 10.2 Å². The van der Waals surface area contributed by atoms with Crippen LogP contribution in [0.25, 0.3) is 0 Å². The normalized spacial score (nSPS) is 11.4. The minimum Gasteiger partial charge on any atom is -0.390 e. The number of ether oxygens (including phenoxy) is 1. The third-order valence-corrected chi connectivity index (χ3v) is 1.34. The Balaban J connectivity index is 2.93. The molecule has 14 heavy (non-hydrogen) atoms. The Labute approximate surface area is 75.3 Å². The van der Waals surface area contributed by atoms with Gasteiger partial charge in [-0.1, -0.05) is 0 Å². The van der Waals surface area contributed by atoms with Gasteiger partial charge in [0.05, 0.1) is 0 Å². The van der Waals surface area contributed by atoms with E-state index in [0.717, 1.165) is 6.20 Å². The maximum Gasteiger partial charge on any atom is 0.574 e. The van der Waals surface area contributed by atoms with E-state index < -0.39 is 24.3 Å². The first kappa shape index (κ1) is 10.6. The number of halogens is 4. The van der Waals surface area contributed by atoms with Crippen LogP contribution in [0.1, 0.15) is 5.56 Å². The van der Waals surface area contributed by atoms with Crippen LogP contribution in [0.5, 0.6) is 5.88 Å². The summed E-state index contributed by atoms with van der Waals surface area (Å²) in [5.74, 6) is -0.764. The molecule has 0 atom stereocenters. The molecule has 78 valence electrons. The van der Waals surface area contributed by atoms with Crippen molar-refractivity contribution in [3.05, 3.63) is 28.0 Å². The summed E-state index contributed by atoms with van der Waals surface area (Å²) >= 11 is 0. The SMILES string of the molecule is O=c1cc(OC(F)(F)F)[nH]cc1CF. The second kappa shape index (κ2) is 3.69. The zero-order chi connectivity index (χ0) is 10.8. The Morgan fingerprint density at radius 2 is 2.07 bits per heavy atom. The number of nitrogens with one attached hydrogen (secondary N) is 1. The van der Waals surface area contributed by atoms with Gasteiger partial charge in [-0.05, 0) is 0 Å². The average molecular weight is 211 g/mol. The molecule has 0 aliphatic rings. The summed E-state index contributed by atoms with van der Waals surface area (Å²) < 4.78 is 50.3. The van der Waals surface area contributed by atoms with E-state index in [1.54, 1.807) is 0 Å². The zero-order valence-corrected chi connectivity index (χ0v) is 6.69. The topological polar surface area (TPSA) is 42.1 Å². The zero-order valence-electron chi connectivity index (χ0n) is 6.69. The van der Waals surface area contributed by atoms with Crippen LogP contribution in [0.15, 0.2) is 17.1 Å². The molecule has 3 nitrogen and oxygen atoms in total. The van der Waals surface area contributed by atoms with Gasteiger partial charge in [0, 0.05) is 17.8 Å². The van der Waals surface area contributed by atoms with Gasteiger partial charge in [-0.2, -0.15) is 0 Å². The van der Waals surface area contributed by atoms with E-state index in [1.807, 2.05) is 4.98 Å². The van der Waals surface area contributed by atoms with Gasteiger partial charge < -0.3 is 9.72 Å². The van der Waals surface area contributed by atoms with Crippen LogP contribution in [0.4, 0.5) is 17.6 Å². The molecular weight excluding hydrogens is 206 g/mol. The van der Waals surface area contributed by atoms with Gasteiger partial charge in [-0.25, -0.2) is 4.39 Å². The lowest BCUT2D eigenvalue weighted by Gasteiger charge is -2.07. The Hall–Kier alpha value is -1.53. The van der Waals surface area contributed by atoms with Crippen molar-refractivity contribution in [1.29, 1.82) is 0 Å². The number of aromatic nitrogens is 1. The first-order valence-electron chi connectivity index (χ1n) is 3.45. The van der Waals surface area contributed by atoms with Crippen molar-refractivity contribution in [3.63, 3.8) is 0 Å². The first-order valence-corrected chi connectivity index (χ1v) is 3.45. The van der Waals surface area contributed by atoms with Crippen molar-refractivity contribution >= 4 is 0 Å². The molecule has 7 heteroatoms. The standard InChI is InChI=1S/C7H5F4NO2/c8-2-4-3-12-6(1-5(4)13)14-7(9,10)11/h1,3H,2H2,(H,12,13). The molecule has 0 aliphatic carbocycles. The summed E-state index contributed by atoms with van der Waals surface area (Å²) in [6.07, 6.45) is -4.04. The fourth-order valence-corrected chi connectivity index (χ4v) is 0.771. The molecule has 1 heterocycles. The summed E-state index contributed by atoms with van der Waals surface area (Å²) in [5.41, 5.74) is -1.09. The van der Waals surface area contributed by atoms with Gasteiger partial charge in [0.2, 0.25) is 5.88 Å². The predicted molar refractivity (Wildman–Crippen MR) is 38.6 cm³/mol. The number of H-pyrrole nitrogens is 1. The maximum absolute atomic E-state index is 12.0. The third kappa shape index (κ3) is 2.75. The highest BCUT2D eigenvalue weighted by molar-refractivity contribution is 5.17. The van der Waals surface area contributed by atoms with Crippen LogP contribution >= 0.6 is 0 Å². The number of rotatable bonds is 2. The second-order valence-electron chi connectivity index (χ2n) is 2.37. The van der Waals surface area contributed by atoms with Gasteiger partial charge in [-0.15, -0.1) is 13.2 Å². The highest BCUT2D eigenvalue weighted by Crippen LogP contribution is 2.19. The lowest BCUT2D eigenvalue weighted by atomic mass is 10.3. The lowest BCUT2D eigenvalue weighted by Crippen LogP contribution is -2.19. The molecule has 0 bridgehead atoms. The van der Waals surface area contributed by atoms with Crippen LogP contribution in [0.3, 0.4) is 0 Å². The molecule has 0 spiro atoms. The molecule has 0 radical (unpaired) electrons. The average Bonchev–Trinajstić information content (AvgIpc) is 2.01. The van der Waals surface area contributed by atoms with E-state index in [0.29, 0.717) is 6.07 Å². The monoisotopic (exact) mass is 211 g/mol. The molecule has 0 saturated carbocycles. The number of hydrogen-bond donors (Lipinski definition) is 1. The molecule has 0 saturated heterocycles. The van der Waals surface area contributed by atoms with Crippen LogP contribution in [0, 0.1) is 0 Å². The summed E-state index contributed by atoms with van der Waals surface area (Å²) in [6.45, 7) is -1.04. The van der Waals surface area contributed by atoms with E-state index in [2.05, 4.69) is 4.74 Å². The summed E-state index contributed by atoms with van der Waals surface area (Å²) in [5, 5.41) is 0.